The van der Waals surface area contributed by atoms with E-state index in [9.17, 15) is 4.79 Å². The first-order valence-electron chi connectivity index (χ1n) is 10.0. The third-order valence-corrected chi connectivity index (χ3v) is 4.27. The third kappa shape index (κ3) is 7.33. The van der Waals surface area contributed by atoms with Gasteiger partial charge in [-0.05, 0) is 49.2 Å². The first-order chi connectivity index (χ1) is 13.2. The highest BCUT2D eigenvalue weighted by atomic mass is 16.5. The third-order valence-electron chi connectivity index (χ3n) is 4.27. The van der Waals surface area contributed by atoms with E-state index in [1.807, 2.05) is 42.5 Å². The maximum Gasteiger partial charge on any atom is 0.259 e. The molecule has 1 N–H and O–H groups in total. The van der Waals surface area contributed by atoms with Crippen molar-refractivity contribution in [1.82, 2.24) is 0 Å². The molecule has 4 heteroatoms. The number of para-hydroxylation sites is 1. The lowest BCUT2D eigenvalue weighted by Crippen LogP contribution is -2.14. The molecule has 146 valence electrons. The number of carbonyl (C=O) groups excluding carboxylic acids is 1. The Kier molecular flexibility index (Phi) is 9.25. The fourth-order valence-electron chi connectivity index (χ4n) is 2.66. The minimum atomic E-state index is -0.168. The number of amides is 1. The van der Waals surface area contributed by atoms with Crippen LogP contribution in [0.1, 0.15) is 62.7 Å². The Morgan fingerprint density at radius 1 is 0.815 bits per heavy atom. The zero-order valence-corrected chi connectivity index (χ0v) is 16.5. The molecule has 0 bridgehead atoms. The summed E-state index contributed by atoms with van der Waals surface area (Å²) in [6.45, 7) is 5.67. The van der Waals surface area contributed by atoms with Gasteiger partial charge in [0.15, 0.2) is 0 Å². The van der Waals surface area contributed by atoms with Crippen molar-refractivity contribution in [2.24, 2.45) is 0 Å². The topological polar surface area (TPSA) is 47.6 Å². The summed E-state index contributed by atoms with van der Waals surface area (Å²) in [7, 11) is 0. The van der Waals surface area contributed by atoms with Crippen LogP contribution in [0.4, 0.5) is 5.69 Å². The van der Waals surface area contributed by atoms with Crippen LogP contribution in [-0.2, 0) is 0 Å². The molecule has 0 spiro atoms. The van der Waals surface area contributed by atoms with E-state index in [2.05, 4.69) is 19.2 Å². The summed E-state index contributed by atoms with van der Waals surface area (Å²) in [4.78, 5) is 12.6. The molecule has 0 aliphatic rings. The molecule has 0 aromatic heterocycles. The SMILES string of the molecule is CCCCCCOc1ccccc1C(=O)Nc1ccc(OCCCC)cc1. The van der Waals surface area contributed by atoms with Crippen LogP contribution in [0.15, 0.2) is 48.5 Å². The smallest absolute Gasteiger partial charge is 0.259 e. The van der Waals surface area contributed by atoms with E-state index in [0.29, 0.717) is 24.5 Å². The maximum absolute atomic E-state index is 12.6. The van der Waals surface area contributed by atoms with E-state index in [4.69, 9.17) is 9.47 Å². The molecule has 0 heterocycles. The Morgan fingerprint density at radius 3 is 2.26 bits per heavy atom. The van der Waals surface area contributed by atoms with Crippen LogP contribution in [0.3, 0.4) is 0 Å². The molecule has 0 saturated heterocycles. The number of carbonyl (C=O) groups is 1. The van der Waals surface area contributed by atoms with Gasteiger partial charge in [0, 0.05) is 5.69 Å². The van der Waals surface area contributed by atoms with Crippen molar-refractivity contribution >= 4 is 11.6 Å². The van der Waals surface area contributed by atoms with Gasteiger partial charge < -0.3 is 14.8 Å². The molecule has 2 aromatic rings. The fourth-order valence-corrected chi connectivity index (χ4v) is 2.66. The molecular weight excluding hydrogens is 338 g/mol. The number of hydrogen-bond acceptors (Lipinski definition) is 3. The van der Waals surface area contributed by atoms with Crippen LogP contribution in [-0.4, -0.2) is 19.1 Å². The number of ether oxygens (including phenoxy) is 2. The Morgan fingerprint density at radius 2 is 1.52 bits per heavy atom. The Labute approximate surface area is 162 Å². The summed E-state index contributed by atoms with van der Waals surface area (Å²) in [5, 5.41) is 2.93. The number of rotatable bonds is 12. The van der Waals surface area contributed by atoms with Crippen LogP contribution in [0.5, 0.6) is 11.5 Å². The number of unbranched alkanes of at least 4 members (excludes halogenated alkanes) is 4. The second-order valence-corrected chi connectivity index (χ2v) is 6.59. The normalized spacial score (nSPS) is 10.4. The first kappa shape index (κ1) is 20.8. The minimum Gasteiger partial charge on any atom is -0.494 e. The summed E-state index contributed by atoms with van der Waals surface area (Å²) < 4.78 is 11.5. The molecule has 2 rings (SSSR count). The van der Waals surface area contributed by atoms with Crippen molar-refractivity contribution in [1.29, 1.82) is 0 Å². The molecule has 0 radical (unpaired) electrons. The second kappa shape index (κ2) is 12.0. The van der Waals surface area contributed by atoms with Crippen LogP contribution >= 0.6 is 0 Å². The molecule has 1 amide bonds. The number of nitrogens with one attached hydrogen (secondary N) is 1. The highest BCUT2D eigenvalue weighted by Crippen LogP contribution is 2.21. The van der Waals surface area contributed by atoms with Gasteiger partial charge in [0.05, 0.1) is 18.8 Å². The Bertz CT molecular complexity index is 682. The van der Waals surface area contributed by atoms with Crippen LogP contribution < -0.4 is 14.8 Å². The van der Waals surface area contributed by atoms with Crippen molar-refractivity contribution in [3.8, 4) is 11.5 Å². The van der Waals surface area contributed by atoms with Gasteiger partial charge in [-0.1, -0.05) is 51.7 Å². The lowest BCUT2D eigenvalue weighted by molar-refractivity contribution is 0.102. The summed E-state index contributed by atoms with van der Waals surface area (Å²) in [6, 6.07) is 14.8. The molecule has 0 aliphatic carbocycles. The fraction of sp³-hybridized carbons (Fsp3) is 0.435. The van der Waals surface area contributed by atoms with Crippen LogP contribution in [0, 0.1) is 0 Å². The summed E-state index contributed by atoms with van der Waals surface area (Å²) in [6.07, 6.45) is 6.70. The molecule has 27 heavy (non-hydrogen) atoms. The van der Waals surface area contributed by atoms with Gasteiger partial charge in [-0.15, -0.1) is 0 Å². The van der Waals surface area contributed by atoms with Crippen molar-refractivity contribution in [3.63, 3.8) is 0 Å². The molecule has 0 unspecified atom stereocenters. The Balaban J connectivity index is 1.91. The van der Waals surface area contributed by atoms with E-state index >= 15 is 0 Å². The van der Waals surface area contributed by atoms with Gasteiger partial charge in [-0.25, -0.2) is 0 Å². The van der Waals surface area contributed by atoms with E-state index in [1.165, 1.54) is 12.8 Å². The second-order valence-electron chi connectivity index (χ2n) is 6.59. The zero-order chi connectivity index (χ0) is 19.3. The molecular formula is C23H31NO3. The maximum atomic E-state index is 12.6. The summed E-state index contributed by atoms with van der Waals surface area (Å²) in [5.41, 5.74) is 1.29. The largest absolute Gasteiger partial charge is 0.494 e. The van der Waals surface area contributed by atoms with Crippen molar-refractivity contribution in [2.45, 2.75) is 52.4 Å². The Hall–Kier alpha value is -2.49. The van der Waals surface area contributed by atoms with Crippen molar-refractivity contribution < 1.29 is 14.3 Å². The monoisotopic (exact) mass is 369 g/mol. The van der Waals surface area contributed by atoms with E-state index in [1.54, 1.807) is 6.07 Å². The lowest BCUT2D eigenvalue weighted by atomic mass is 10.1. The average molecular weight is 370 g/mol. The summed E-state index contributed by atoms with van der Waals surface area (Å²) in [5.74, 6) is 1.28. The van der Waals surface area contributed by atoms with Gasteiger partial charge in [0.1, 0.15) is 11.5 Å². The summed E-state index contributed by atoms with van der Waals surface area (Å²) >= 11 is 0. The molecule has 4 nitrogen and oxygen atoms in total. The first-order valence-corrected chi connectivity index (χ1v) is 10.0. The molecule has 0 fully saturated rings. The van der Waals surface area contributed by atoms with Crippen LogP contribution in [0.25, 0.3) is 0 Å². The van der Waals surface area contributed by atoms with E-state index in [-0.39, 0.29) is 5.91 Å². The highest BCUT2D eigenvalue weighted by Gasteiger charge is 2.12. The van der Waals surface area contributed by atoms with Crippen molar-refractivity contribution in [2.75, 3.05) is 18.5 Å². The average Bonchev–Trinajstić information content (AvgIpc) is 2.69. The molecule has 0 aliphatic heterocycles. The van der Waals surface area contributed by atoms with Gasteiger partial charge in [-0.3, -0.25) is 4.79 Å². The molecule has 0 atom stereocenters. The lowest BCUT2D eigenvalue weighted by Gasteiger charge is -2.12. The molecule has 2 aromatic carbocycles. The number of hydrogen-bond donors (Lipinski definition) is 1. The van der Waals surface area contributed by atoms with Gasteiger partial charge in [0.25, 0.3) is 5.91 Å². The van der Waals surface area contributed by atoms with Gasteiger partial charge >= 0.3 is 0 Å². The standard InChI is InChI=1S/C23H31NO3/c1-3-5-7-10-18-27-22-12-9-8-11-21(22)23(25)24-19-13-15-20(16-14-19)26-17-6-4-2/h8-9,11-16H,3-7,10,17-18H2,1-2H3,(H,24,25). The van der Waals surface area contributed by atoms with E-state index < -0.39 is 0 Å². The quantitative estimate of drug-likeness (QED) is 0.461. The van der Waals surface area contributed by atoms with E-state index in [0.717, 1.165) is 37.1 Å². The predicted molar refractivity (Wildman–Crippen MR) is 111 cm³/mol. The highest BCUT2D eigenvalue weighted by molar-refractivity contribution is 6.06. The van der Waals surface area contributed by atoms with Gasteiger partial charge in [-0.2, -0.15) is 0 Å². The number of benzene rings is 2. The predicted octanol–water partition coefficient (Wildman–Crippen LogP) is 6.08. The minimum absolute atomic E-state index is 0.168. The van der Waals surface area contributed by atoms with Crippen molar-refractivity contribution in [3.05, 3.63) is 54.1 Å². The zero-order valence-electron chi connectivity index (χ0n) is 16.5. The van der Waals surface area contributed by atoms with Gasteiger partial charge in [0.2, 0.25) is 0 Å². The molecule has 0 saturated carbocycles. The number of anilines is 1. The van der Waals surface area contributed by atoms with Crippen LogP contribution in [0.2, 0.25) is 0 Å².